The van der Waals surface area contributed by atoms with Gasteiger partial charge in [0.1, 0.15) is 6.10 Å². The fourth-order valence-corrected chi connectivity index (χ4v) is 1.26. The second-order valence-corrected chi connectivity index (χ2v) is 3.12. The zero-order valence-corrected chi connectivity index (χ0v) is 7.40. The molecule has 0 saturated carbocycles. The van der Waals surface area contributed by atoms with Gasteiger partial charge >= 0.3 is 0 Å². The van der Waals surface area contributed by atoms with Crippen LogP contribution in [0.5, 0.6) is 0 Å². The standard InChI is InChI=1S/C8H17NO3/c1-6-2-3-7(10)8(12-6)11-5-4-9/h6-8,10H,2-5,9H2,1H3/t6-,7-,8+/m0/s1. The second-order valence-electron chi connectivity index (χ2n) is 3.12. The van der Waals surface area contributed by atoms with E-state index in [0.717, 1.165) is 12.8 Å². The van der Waals surface area contributed by atoms with Gasteiger partial charge < -0.3 is 20.3 Å². The number of hydrogen-bond donors (Lipinski definition) is 2. The van der Waals surface area contributed by atoms with Crippen molar-refractivity contribution in [2.24, 2.45) is 5.73 Å². The lowest BCUT2D eigenvalue weighted by molar-refractivity contribution is -0.235. The highest BCUT2D eigenvalue weighted by atomic mass is 16.7. The fourth-order valence-electron chi connectivity index (χ4n) is 1.26. The molecule has 12 heavy (non-hydrogen) atoms. The molecule has 0 aromatic carbocycles. The lowest BCUT2D eigenvalue weighted by Crippen LogP contribution is -2.40. The number of aliphatic hydroxyl groups excluding tert-OH is 1. The lowest BCUT2D eigenvalue weighted by atomic mass is 10.1. The molecule has 4 heteroatoms. The molecule has 0 aromatic heterocycles. The predicted octanol–water partition coefficient (Wildman–Crippen LogP) is -0.152. The first-order valence-electron chi connectivity index (χ1n) is 4.39. The summed E-state index contributed by atoms with van der Waals surface area (Å²) in [5.74, 6) is 0. The summed E-state index contributed by atoms with van der Waals surface area (Å²) < 4.78 is 10.6. The third-order valence-corrected chi connectivity index (χ3v) is 1.95. The Balaban J connectivity index is 2.28. The van der Waals surface area contributed by atoms with E-state index in [2.05, 4.69) is 0 Å². The first-order chi connectivity index (χ1) is 5.74. The van der Waals surface area contributed by atoms with Crippen LogP contribution >= 0.6 is 0 Å². The van der Waals surface area contributed by atoms with Gasteiger partial charge in [-0.05, 0) is 19.8 Å². The van der Waals surface area contributed by atoms with Crippen molar-refractivity contribution >= 4 is 0 Å². The Kier molecular flexibility index (Phi) is 3.94. The third-order valence-electron chi connectivity index (χ3n) is 1.95. The van der Waals surface area contributed by atoms with Gasteiger partial charge in [-0.25, -0.2) is 0 Å². The molecule has 72 valence electrons. The molecule has 0 spiro atoms. The first kappa shape index (κ1) is 9.92. The number of hydrogen-bond acceptors (Lipinski definition) is 4. The van der Waals surface area contributed by atoms with E-state index in [0.29, 0.717) is 13.2 Å². The first-order valence-corrected chi connectivity index (χ1v) is 4.39. The van der Waals surface area contributed by atoms with E-state index in [1.165, 1.54) is 0 Å². The minimum Gasteiger partial charge on any atom is -0.388 e. The lowest BCUT2D eigenvalue weighted by Gasteiger charge is -2.31. The quantitative estimate of drug-likeness (QED) is 0.626. The van der Waals surface area contributed by atoms with Crippen molar-refractivity contribution in [2.75, 3.05) is 13.2 Å². The Morgan fingerprint density at radius 1 is 1.58 bits per heavy atom. The Hall–Kier alpha value is -0.160. The highest BCUT2D eigenvalue weighted by molar-refractivity contribution is 4.70. The predicted molar refractivity (Wildman–Crippen MR) is 44.6 cm³/mol. The summed E-state index contributed by atoms with van der Waals surface area (Å²) in [5, 5.41) is 9.42. The number of aliphatic hydroxyl groups is 1. The Bertz CT molecular complexity index is 131. The average molecular weight is 175 g/mol. The van der Waals surface area contributed by atoms with Crippen molar-refractivity contribution in [3.8, 4) is 0 Å². The van der Waals surface area contributed by atoms with Crippen LogP contribution in [0, 0.1) is 0 Å². The molecule has 1 aliphatic rings. The van der Waals surface area contributed by atoms with Gasteiger partial charge in [-0.15, -0.1) is 0 Å². The summed E-state index contributed by atoms with van der Waals surface area (Å²) in [6, 6.07) is 0. The van der Waals surface area contributed by atoms with E-state index in [9.17, 15) is 5.11 Å². The molecule has 1 saturated heterocycles. The molecule has 3 N–H and O–H groups in total. The monoisotopic (exact) mass is 175 g/mol. The van der Waals surface area contributed by atoms with Crippen molar-refractivity contribution in [1.82, 2.24) is 0 Å². The van der Waals surface area contributed by atoms with E-state index in [-0.39, 0.29) is 6.10 Å². The van der Waals surface area contributed by atoms with Crippen molar-refractivity contribution in [1.29, 1.82) is 0 Å². The van der Waals surface area contributed by atoms with Crippen molar-refractivity contribution < 1.29 is 14.6 Å². The summed E-state index contributed by atoms with van der Waals surface area (Å²) in [4.78, 5) is 0. The summed E-state index contributed by atoms with van der Waals surface area (Å²) in [6.45, 7) is 2.88. The average Bonchev–Trinajstić information content (AvgIpc) is 2.07. The van der Waals surface area contributed by atoms with E-state index in [1.807, 2.05) is 6.92 Å². The van der Waals surface area contributed by atoms with E-state index < -0.39 is 12.4 Å². The highest BCUT2D eigenvalue weighted by Crippen LogP contribution is 2.19. The SMILES string of the molecule is C[C@H]1CC[C@H](O)[C@H](OCCN)O1. The topological polar surface area (TPSA) is 64.7 Å². The van der Waals surface area contributed by atoms with Gasteiger partial charge in [0, 0.05) is 6.54 Å². The van der Waals surface area contributed by atoms with Crippen molar-refractivity contribution in [3.63, 3.8) is 0 Å². The number of rotatable bonds is 3. The Morgan fingerprint density at radius 2 is 2.33 bits per heavy atom. The van der Waals surface area contributed by atoms with Crippen molar-refractivity contribution in [2.45, 2.75) is 38.3 Å². The maximum Gasteiger partial charge on any atom is 0.183 e. The van der Waals surface area contributed by atoms with E-state index >= 15 is 0 Å². The minimum atomic E-state index is -0.493. The van der Waals surface area contributed by atoms with Gasteiger partial charge in [0.25, 0.3) is 0 Å². The molecule has 0 amide bonds. The van der Waals surface area contributed by atoms with Crippen molar-refractivity contribution in [3.05, 3.63) is 0 Å². The van der Waals surface area contributed by atoms with Gasteiger partial charge in [-0.1, -0.05) is 0 Å². The second kappa shape index (κ2) is 4.77. The van der Waals surface area contributed by atoms with Crippen LogP contribution in [0.25, 0.3) is 0 Å². The van der Waals surface area contributed by atoms with Gasteiger partial charge in [0.05, 0.1) is 12.7 Å². The highest BCUT2D eigenvalue weighted by Gasteiger charge is 2.27. The molecular formula is C8H17NO3. The van der Waals surface area contributed by atoms with Crippen LogP contribution in [-0.2, 0) is 9.47 Å². The molecule has 0 aromatic rings. The zero-order chi connectivity index (χ0) is 8.97. The summed E-state index contributed by atoms with van der Waals surface area (Å²) in [6.07, 6.45) is 0.848. The molecule has 1 rings (SSSR count). The van der Waals surface area contributed by atoms with E-state index in [4.69, 9.17) is 15.2 Å². The molecule has 1 heterocycles. The Morgan fingerprint density at radius 3 is 3.00 bits per heavy atom. The van der Waals surface area contributed by atoms with Crippen LogP contribution in [-0.4, -0.2) is 36.8 Å². The molecule has 1 fully saturated rings. The largest absolute Gasteiger partial charge is 0.388 e. The van der Waals surface area contributed by atoms with Crippen LogP contribution in [0.15, 0.2) is 0 Å². The van der Waals surface area contributed by atoms with Crippen LogP contribution in [0.3, 0.4) is 0 Å². The maximum atomic E-state index is 9.42. The fraction of sp³-hybridized carbons (Fsp3) is 1.00. The van der Waals surface area contributed by atoms with E-state index in [1.54, 1.807) is 0 Å². The van der Waals surface area contributed by atoms with Crippen LogP contribution in [0.2, 0.25) is 0 Å². The molecule has 3 atom stereocenters. The van der Waals surface area contributed by atoms with Crippen LogP contribution in [0.4, 0.5) is 0 Å². The third kappa shape index (κ3) is 2.71. The molecule has 4 nitrogen and oxygen atoms in total. The Labute approximate surface area is 72.6 Å². The van der Waals surface area contributed by atoms with Crippen LogP contribution < -0.4 is 5.73 Å². The summed E-state index contributed by atoms with van der Waals surface area (Å²) in [7, 11) is 0. The molecule has 0 aliphatic carbocycles. The number of nitrogens with two attached hydrogens (primary N) is 1. The zero-order valence-electron chi connectivity index (χ0n) is 7.40. The van der Waals surface area contributed by atoms with Crippen LogP contribution in [0.1, 0.15) is 19.8 Å². The molecule has 0 radical (unpaired) electrons. The number of ether oxygens (including phenoxy) is 2. The molecule has 0 bridgehead atoms. The maximum absolute atomic E-state index is 9.42. The molecule has 1 aliphatic heterocycles. The summed E-state index contributed by atoms with van der Waals surface area (Å²) in [5.41, 5.74) is 5.26. The molecule has 0 unspecified atom stereocenters. The van der Waals surface area contributed by atoms with Gasteiger partial charge in [-0.2, -0.15) is 0 Å². The minimum absolute atomic E-state index is 0.177. The smallest absolute Gasteiger partial charge is 0.183 e. The van der Waals surface area contributed by atoms with Gasteiger partial charge in [0.2, 0.25) is 0 Å². The summed E-state index contributed by atoms with van der Waals surface area (Å²) >= 11 is 0. The normalized spacial score (nSPS) is 36.8. The molecular weight excluding hydrogens is 158 g/mol. The van der Waals surface area contributed by atoms with Gasteiger partial charge in [-0.3, -0.25) is 0 Å². The van der Waals surface area contributed by atoms with Gasteiger partial charge in [0.15, 0.2) is 6.29 Å².